The van der Waals surface area contributed by atoms with E-state index in [1.165, 1.54) is 7.11 Å². The van der Waals surface area contributed by atoms with Crippen LogP contribution in [0.4, 0.5) is 16.3 Å². The number of nitrogens with one attached hydrogen (secondary N) is 3. The smallest absolute Gasteiger partial charge is 0.325 e. The zero-order valence-electron chi connectivity index (χ0n) is 14.2. The van der Waals surface area contributed by atoms with Gasteiger partial charge in [0.1, 0.15) is 12.6 Å². The van der Waals surface area contributed by atoms with Gasteiger partial charge < -0.3 is 26.4 Å². The summed E-state index contributed by atoms with van der Waals surface area (Å²) >= 11 is 5.15. The van der Waals surface area contributed by atoms with Crippen molar-refractivity contribution in [1.29, 1.82) is 0 Å². The van der Waals surface area contributed by atoms with E-state index in [9.17, 15) is 14.4 Å². The monoisotopic (exact) mass is 380 g/mol. The highest BCUT2D eigenvalue weighted by molar-refractivity contribution is 7.80. The van der Waals surface area contributed by atoms with Crippen LogP contribution in [-0.4, -0.2) is 59.1 Å². The Kier molecular flexibility index (Phi) is 6.67. The Balaban J connectivity index is 1.72. The molecule has 140 valence electrons. The molecule has 1 atom stereocenters. The minimum Gasteiger partial charge on any atom is -0.468 e. The van der Waals surface area contributed by atoms with Crippen LogP contribution in [0.25, 0.3) is 0 Å². The van der Waals surface area contributed by atoms with Gasteiger partial charge in [-0.15, -0.1) is 0 Å². The van der Waals surface area contributed by atoms with Crippen molar-refractivity contribution in [3.05, 3.63) is 18.3 Å². The minimum absolute atomic E-state index is 0.351. The van der Waals surface area contributed by atoms with E-state index in [1.807, 2.05) is 0 Å². The lowest BCUT2D eigenvalue weighted by Crippen LogP contribution is -2.36. The second-order valence-electron chi connectivity index (χ2n) is 5.47. The van der Waals surface area contributed by atoms with Crippen molar-refractivity contribution in [3.63, 3.8) is 0 Å². The molecule has 1 aliphatic rings. The minimum atomic E-state index is -0.665. The fourth-order valence-electron chi connectivity index (χ4n) is 2.30. The van der Waals surface area contributed by atoms with Crippen molar-refractivity contribution in [2.24, 2.45) is 0 Å². The van der Waals surface area contributed by atoms with Gasteiger partial charge in [0, 0.05) is 12.7 Å². The Bertz CT molecular complexity index is 713. The Hall–Kier alpha value is -2.95. The van der Waals surface area contributed by atoms with E-state index in [1.54, 1.807) is 18.3 Å². The third-order valence-electron chi connectivity index (χ3n) is 3.65. The summed E-state index contributed by atoms with van der Waals surface area (Å²) in [6.07, 6.45) is 2.57. The Morgan fingerprint density at radius 1 is 1.50 bits per heavy atom. The van der Waals surface area contributed by atoms with Gasteiger partial charge >= 0.3 is 12.0 Å². The number of rotatable bonds is 7. The molecular weight excluding hydrogens is 360 g/mol. The number of nitrogens with two attached hydrogens (primary N) is 1. The van der Waals surface area contributed by atoms with Crippen LogP contribution in [0.1, 0.15) is 12.8 Å². The first kappa shape index (κ1) is 19.4. The molecule has 0 aliphatic carbocycles. The van der Waals surface area contributed by atoms with E-state index >= 15 is 0 Å². The first-order valence-corrected chi connectivity index (χ1v) is 8.27. The van der Waals surface area contributed by atoms with E-state index in [2.05, 4.69) is 25.7 Å². The average Bonchev–Trinajstić information content (AvgIpc) is 2.88. The fourth-order valence-corrected chi connectivity index (χ4v) is 2.50. The maximum atomic E-state index is 12.1. The Labute approximate surface area is 155 Å². The number of imide groups is 1. The molecule has 10 nitrogen and oxygen atoms in total. The highest BCUT2D eigenvalue weighted by Crippen LogP contribution is 2.13. The lowest BCUT2D eigenvalue weighted by molar-refractivity contribution is -0.144. The van der Waals surface area contributed by atoms with E-state index in [-0.39, 0.29) is 0 Å². The normalized spacial score (nSPS) is 16.2. The van der Waals surface area contributed by atoms with Crippen molar-refractivity contribution in [2.45, 2.75) is 18.9 Å². The number of amides is 3. The largest absolute Gasteiger partial charge is 0.468 e. The summed E-state index contributed by atoms with van der Waals surface area (Å²) in [4.78, 5) is 40.0. The molecule has 1 fully saturated rings. The molecule has 0 bridgehead atoms. The maximum Gasteiger partial charge on any atom is 0.325 e. The highest BCUT2D eigenvalue weighted by atomic mass is 32.1. The number of esters is 1. The number of ether oxygens (including phenoxy) is 1. The number of carbonyl (C=O) groups excluding carboxylic acids is 3. The topological polar surface area (TPSA) is 139 Å². The van der Waals surface area contributed by atoms with Crippen LogP contribution in [0.15, 0.2) is 18.3 Å². The average molecular weight is 380 g/mol. The SMILES string of the molecule is COC(=O)CN1C(=O)NC(CCCNC(=S)Nc2ncccc2N)C1=O. The van der Waals surface area contributed by atoms with Gasteiger partial charge in [-0.05, 0) is 37.2 Å². The number of nitrogen functional groups attached to an aromatic ring is 1. The quantitative estimate of drug-likeness (QED) is 0.220. The second-order valence-corrected chi connectivity index (χ2v) is 5.88. The van der Waals surface area contributed by atoms with Gasteiger partial charge in [0.2, 0.25) is 0 Å². The molecule has 0 saturated carbocycles. The summed E-state index contributed by atoms with van der Waals surface area (Å²) in [5, 5.41) is 8.75. The maximum absolute atomic E-state index is 12.1. The molecule has 2 heterocycles. The van der Waals surface area contributed by atoms with Gasteiger partial charge in [0.05, 0.1) is 12.8 Å². The van der Waals surface area contributed by atoms with Crippen molar-refractivity contribution < 1.29 is 19.1 Å². The van der Waals surface area contributed by atoms with Crippen molar-refractivity contribution in [2.75, 3.05) is 31.2 Å². The van der Waals surface area contributed by atoms with Gasteiger partial charge in [-0.2, -0.15) is 0 Å². The number of anilines is 2. The van der Waals surface area contributed by atoms with Gasteiger partial charge in [0.15, 0.2) is 10.9 Å². The van der Waals surface area contributed by atoms with Crippen LogP contribution in [0.2, 0.25) is 0 Å². The molecule has 1 aliphatic heterocycles. The molecule has 1 aromatic heterocycles. The summed E-state index contributed by atoms with van der Waals surface area (Å²) in [6, 6.07) is 2.16. The van der Waals surface area contributed by atoms with Crippen molar-refractivity contribution in [3.8, 4) is 0 Å². The molecule has 0 spiro atoms. The van der Waals surface area contributed by atoms with Crippen LogP contribution in [0.3, 0.4) is 0 Å². The van der Waals surface area contributed by atoms with Crippen molar-refractivity contribution in [1.82, 2.24) is 20.5 Å². The lowest BCUT2D eigenvalue weighted by atomic mass is 10.1. The van der Waals surface area contributed by atoms with Crippen molar-refractivity contribution >= 4 is 46.7 Å². The lowest BCUT2D eigenvalue weighted by Gasteiger charge is -2.13. The number of urea groups is 1. The van der Waals surface area contributed by atoms with Crippen LogP contribution >= 0.6 is 12.2 Å². The van der Waals surface area contributed by atoms with Gasteiger partial charge in [-0.3, -0.25) is 14.5 Å². The number of methoxy groups -OCH3 is 1. The number of aromatic nitrogens is 1. The van der Waals surface area contributed by atoms with E-state index in [0.29, 0.717) is 36.0 Å². The van der Waals surface area contributed by atoms with Crippen LogP contribution in [-0.2, 0) is 14.3 Å². The standard InChI is InChI=1S/C15H20N6O4S/c1-25-11(22)8-21-13(23)10(19-15(21)24)5-3-7-18-14(26)20-12-9(16)4-2-6-17-12/h2,4,6,10H,3,5,7-8,16H2,1H3,(H,19,24)(H2,17,18,20,26). The van der Waals surface area contributed by atoms with Crippen LogP contribution < -0.4 is 21.7 Å². The second kappa shape index (κ2) is 8.94. The summed E-state index contributed by atoms with van der Waals surface area (Å²) in [6.45, 7) is 0.0879. The Morgan fingerprint density at radius 3 is 2.96 bits per heavy atom. The summed E-state index contributed by atoms with van der Waals surface area (Å²) in [7, 11) is 1.19. The zero-order valence-corrected chi connectivity index (χ0v) is 15.0. The molecule has 0 radical (unpaired) electrons. The van der Waals surface area contributed by atoms with E-state index in [0.717, 1.165) is 4.90 Å². The third-order valence-corrected chi connectivity index (χ3v) is 3.89. The fraction of sp³-hybridized carbons (Fsp3) is 0.400. The molecule has 1 unspecified atom stereocenters. The summed E-state index contributed by atoms with van der Waals surface area (Å²) < 4.78 is 4.47. The molecule has 5 N–H and O–H groups in total. The summed E-state index contributed by atoms with van der Waals surface area (Å²) in [5.74, 6) is -0.634. The summed E-state index contributed by atoms with van der Waals surface area (Å²) in [5.41, 5.74) is 6.24. The number of hydrogen-bond donors (Lipinski definition) is 4. The zero-order chi connectivity index (χ0) is 19.1. The third kappa shape index (κ3) is 5.02. The molecule has 2 rings (SSSR count). The molecule has 26 heavy (non-hydrogen) atoms. The van der Waals surface area contributed by atoms with Crippen LogP contribution in [0, 0.1) is 0 Å². The first-order valence-electron chi connectivity index (χ1n) is 7.86. The van der Waals surface area contributed by atoms with Gasteiger partial charge in [-0.25, -0.2) is 9.78 Å². The first-order chi connectivity index (χ1) is 12.4. The molecule has 11 heteroatoms. The number of hydrogen-bond acceptors (Lipinski definition) is 7. The predicted octanol–water partition coefficient (Wildman–Crippen LogP) is -0.176. The van der Waals surface area contributed by atoms with Crippen LogP contribution in [0.5, 0.6) is 0 Å². The number of pyridine rings is 1. The molecular formula is C15H20N6O4S. The van der Waals surface area contributed by atoms with E-state index < -0.39 is 30.5 Å². The molecule has 1 saturated heterocycles. The number of thiocarbonyl (C=S) groups is 1. The molecule has 3 amide bonds. The van der Waals surface area contributed by atoms with Gasteiger partial charge in [-0.1, -0.05) is 0 Å². The highest BCUT2D eigenvalue weighted by Gasteiger charge is 2.38. The Morgan fingerprint density at radius 2 is 2.27 bits per heavy atom. The van der Waals surface area contributed by atoms with E-state index in [4.69, 9.17) is 18.0 Å². The number of carbonyl (C=O) groups is 3. The predicted molar refractivity (Wildman–Crippen MR) is 98.2 cm³/mol. The molecule has 1 aromatic rings. The molecule has 0 aromatic carbocycles. The number of nitrogens with zero attached hydrogens (tertiary/aromatic N) is 2. The van der Waals surface area contributed by atoms with Gasteiger partial charge in [0.25, 0.3) is 5.91 Å².